The van der Waals surface area contributed by atoms with Crippen LogP contribution in [0.3, 0.4) is 0 Å². The molecule has 0 aliphatic rings. The van der Waals surface area contributed by atoms with E-state index in [0.29, 0.717) is 0 Å². The van der Waals surface area contributed by atoms with Crippen LogP contribution >= 0.6 is 11.8 Å². The number of nitrogens with one attached hydrogen (secondary N) is 1. The molecule has 2 aromatic rings. The number of aryl methyl sites for hydroxylation is 2. The van der Waals surface area contributed by atoms with Gasteiger partial charge in [0.05, 0.1) is 5.69 Å². The van der Waals surface area contributed by atoms with Crippen LogP contribution in [0.15, 0.2) is 41.4 Å². The van der Waals surface area contributed by atoms with Gasteiger partial charge in [0.25, 0.3) is 0 Å². The minimum Gasteiger partial charge on any atom is -0.276 e. The summed E-state index contributed by atoms with van der Waals surface area (Å²) in [5.41, 5.74) is 5.22. The number of hydrazine groups is 1. The van der Waals surface area contributed by atoms with E-state index in [1.54, 1.807) is 0 Å². The summed E-state index contributed by atoms with van der Waals surface area (Å²) >= 11 is 1.82. The summed E-state index contributed by atoms with van der Waals surface area (Å²) < 4.78 is 1.82. The molecule has 1 aromatic carbocycles. The molecule has 1 unspecified atom stereocenters. The minimum absolute atomic E-state index is 0.223. The highest BCUT2D eigenvalue weighted by atomic mass is 32.2. The topological polar surface area (TPSA) is 55.9 Å². The quantitative estimate of drug-likeness (QED) is 0.481. The minimum atomic E-state index is 0.223. The molecule has 0 amide bonds. The van der Waals surface area contributed by atoms with Gasteiger partial charge in [0.1, 0.15) is 0 Å². The van der Waals surface area contributed by atoms with Crippen molar-refractivity contribution < 1.29 is 0 Å². The Morgan fingerprint density at radius 3 is 2.89 bits per heavy atom. The van der Waals surface area contributed by atoms with Gasteiger partial charge in [-0.3, -0.25) is 16.0 Å². The first-order chi connectivity index (χ1) is 9.17. The van der Waals surface area contributed by atoms with Crippen molar-refractivity contribution in [1.29, 1.82) is 0 Å². The van der Waals surface area contributed by atoms with E-state index in [1.165, 1.54) is 10.5 Å². The van der Waals surface area contributed by atoms with Crippen molar-refractivity contribution in [3.05, 3.63) is 47.8 Å². The zero-order valence-electron chi connectivity index (χ0n) is 11.3. The number of benzene rings is 1. The lowest BCUT2D eigenvalue weighted by Gasteiger charge is -2.14. The molecule has 1 heterocycles. The van der Waals surface area contributed by atoms with Crippen molar-refractivity contribution in [1.82, 2.24) is 15.2 Å². The largest absolute Gasteiger partial charge is 0.276 e. The Bertz CT molecular complexity index is 524. The number of thioether (sulfide) groups is 1. The molecule has 0 saturated heterocycles. The number of aromatic nitrogens is 2. The zero-order chi connectivity index (χ0) is 13.7. The second-order valence-corrected chi connectivity index (χ2v) is 5.77. The van der Waals surface area contributed by atoms with Gasteiger partial charge in [0, 0.05) is 36.4 Å². The van der Waals surface area contributed by atoms with Gasteiger partial charge in [-0.2, -0.15) is 5.10 Å². The van der Waals surface area contributed by atoms with Crippen LogP contribution in [0.25, 0.3) is 0 Å². The predicted octanol–water partition coefficient (Wildman–Crippen LogP) is 1.90. The van der Waals surface area contributed by atoms with Crippen molar-refractivity contribution in [3.8, 4) is 0 Å². The standard InChI is InChI=1S/C14H20N4S/c1-11-4-3-5-14(8-11)19-10-13(16-15)9-12-6-7-18(2)17-12/h3-8,13,16H,9-10,15H2,1-2H3. The summed E-state index contributed by atoms with van der Waals surface area (Å²) in [5.74, 6) is 6.55. The molecule has 0 fully saturated rings. The summed E-state index contributed by atoms with van der Waals surface area (Å²) in [4.78, 5) is 1.28. The van der Waals surface area contributed by atoms with E-state index in [4.69, 9.17) is 5.84 Å². The smallest absolute Gasteiger partial charge is 0.0640 e. The van der Waals surface area contributed by atoms with Gasteiger partial charge >= 0.3 is 0 Å². The number of hydrogen-bond acceptors (Lipinski definition) is 4. The molecule has 0 saturated carbocycles. The molecule has 1 atom stereocenters. The number of nitrogens with two attached hydrogens (primary N) is 1. The average Bonchev–Trinajstić information content (AvgIpc) is 2.80. The Hall–Kier alpha value is -1.30. The first-order valence-electron chi connectivity index (χ1n) is 6.31. The Morgan fingerprint density at radius 2 is 2.26 bits per heavy atom. The molecule has 4 nitrogen and oxygen atoms in total. The number of rotatable bonds is 6. The molecular weight excluding hydrogens is 256 g/mol. The summed E-state index contributed by atoms with van der Waals surface area (Å²) in [5, 5.41) is 4.38. The van der Waals surface area contributed by atoms with Crippen LogP contribution in [0.5, 0.6) is 0 Å². The van der Waals surface area contributed by atoms with E-state index < -0.39 is 0 Å². The summed E-state index contributed by atoms with van der Waals surface area (Å²) in [6.07, 6.45) is 2.80. The number of hydrogen-bond donors (Lipinski definition) is 2. The lowest BCUT2D eigenvalue weighted by atomic mass is 10.2. The van der Waals surface area contributed by atoms with Crippen molar-refractivity contribution in [3.63, 3.8) is 0 Å². The molecule has 0 aliphatic heterocycles. The van der Waals surface area contributed by atoms with Crippen molar-refractivity contribution in [2.24, 2.45) is 12.9 Å². The third-order valence-corrected chi connectivity index (χ3v) is 4.06. The second-order valence-electron chi connectivity index (χ2n) is 4.68. The third kappa shape index (κ3) is 4.38. The fraction of sp³-hybridized carbons (Fsp3) is 0.357. The lowest BCUT2D eigenvalue weighted by Crippen LogP contribution is -2.38. The van der Waals surface area contributed by atoms with Crippen LogP contribution < -0.4 is 11.3 Å². The molecule has 3 N–H and O–H groups in total. The molecular formula is C14H20N4S. The molecule has 5 heteroatoms. The molecule has 2 rings (SSSR count). The Balaban J connectivity index is 1.89. The highest BCUT2D eigenvalue weighted by Crippen LogP contribution is 2.20. The molecule has 0 spiro atoms. The first-order valence-corrected chi connectivity index (χ1v) is 7.30. The van der Waals surface area contributed by atoms with E-state index >= 15 is 0 Å². The zero-order valence-corrected chi connectivity index (χ0v) is 12.2. The molecule has 102 valence electrons. The third-order valence-electron chi connectivity index (χ3n) is 2.90. The monoisotopic (exact) mass is 276 g/mol. The van der Waals surface area contributed by atoms with Crippen molar-refractivity contribution >= 4 is 11.8 Å². The van der Waals surface area contributed by atoms with Crippen LogP contribution in [0.4, 0.5) is 0 Å². The summed E-state index contributed by atoms with van der Waals surface area (Å²) in [7, 11) is 1.93. The van der Waals surface area contributed by atoms with Crippen LogP contribution in [0.1, 0.15) is 11.3 Å². The van der Waals surface area contributed by atoms with Crippen LogP contribution in [0, 0.1) is 6.92 Å². The van der Waals surface area contributed by atoms with E-state index in [-0.39, 0.29) is 6.04 Å². The van der Waals surface area contributed by atoms with E-state index in [0.717, 1.165) is 17.9 Å². The van der Waals surface area contributed by atoms with Gasteiger partial charge in [0.15, 0.2) is 0 Å². The normalized spacial score (nSPS) is 12.6. The van der Waals surface area contributed by atoms with Crippen molar-refractivity contribution in [2.45, 2.75) is 24.3 Å². The second kappa shape index (κ2) is 6.75. The van der Waals surface area contributed by atoms with Crippen molar-refractivity contribution in [2.75, 3.05) is 5.75 Å². The van der Waals surface area contributed by atoms with E-state index in [2.05, 4.69) is 41.7 Å². The summed E-state index contributed by atoms with van der Waals surface area (Å²) in [6, 6.07) is 10.8. The lowest BCUT2D eigenvalue weighted by molar-refractivity contribution is 0.564. The molecule has 0 radical (unpaired) electrons. The Kier molecular flexibility index (Phi) is 5.01. The van der Waals surface area contributed by atoms with Gasteiger partial charge in [-0.25, -0.2) is 0 Å². The van der Waals surface area contributed by atoms with Crippen LogP contribution in [0.2, 0.25) is 0 Å². The highest BCUT2D eigenvalue weighted by Gasteiger charge is 2.10. The Morgan fingerprint density at radius 1 is 1.42 bits per heavy atom. The molecule has 0 bridgehead atoms. The highest BCUT2D eigenvalue weighted by molar-refractivity contribution is 7.99. The average molecular weight is 276 g/mol. The van der Waals surface area contributed by atoms with E-state index in [1.807, 2.05) is 35.8 Å². The van der Waals surface area contributed by atoms with Gasteiger partial charge in [0.2, 0.25) is 0 Å². The first kappa shape index (κ1) is 14.1. The fourth-order valence-corrected chi connectivity index (χ4v) is 2.94. The van der Waals surface area contributed by atoms with Gasteiger partial charge < -0.3 is 0 Å². The SMILES string of the molecule is Cc1cccc(SCC(Cc2ccn(C)n2)NN)c1. The maximum atomic E-state index is 5.62. The number of nitrogens with zero attached hydrogens (tertiary/aromatic N) is 2. The summed E-state index contributed by atoms with van der Waals surface area (Å²) in [6.45, 7) is 2.11. The van der Waals surface area contributed by atoms with Crippen LogP contribution in [-0.4, -0.2) is 21.6 Å². The van der Waals surface area contributed by atoms with E-state index in [9.17, 15) is 0 Å². The van der Waals surface area contributed by atoms with Gasteiger partial charge in [-0.05, 0) is 25.1 Å². The molecule has 0 aliphatic carbocycles. The molecule has 19 heavy (non-hydrogen) atoms. The molecule has 1 aromatic heterocycles. The van der Waals surface area contributed by atoms with Gasteiger partial charge in [-0.15, -0.1) is 11.8 Å². The Labute approximate surface area is 118 Å². The predicted molar refractivity (Wildman–Crippen MR) is 79.9 cm³/mol. The van der Waals surface area contributed by atoms with Gasteiger partial charge in [-0.1, -0.05) is 17.7 Å². The fourth-order valence-electron chi connectivity index (χ4n) is 1.89. The maximum Gasteiger partial charge on any atom is 0.0640 e. The maximum absolute atomic E-state index is 5.62. The van der Waals surface area contributed by atoms with Crippen LogP contribution in [-0.2, 0) is 13.5 Å².